The second kappa shape index (κ2) is 11.5. The molecule has 21 heavy (non-hydrogen) atoms. The van der Waals surface area contributed by atoms with Crippen molar-refractivity contribution in [3.63, 3.8) is 0 Å². The van der Waals surface area contributed by atoms with Gasteiger partial charge in [0.15, 0.2) is 6.29 Å². The normalized spacial score (nSPS) is 13.8. The van der Waals surface area contributed by atoms with Crippen molar-refractivity contribution in [1.82, 2.24) is 0 Å². The summed E-state index contributed by atoms with van der Waals surface area (Å²) in [6, 6.07) is 0. The molecule has 5 nitrogen and oxygen atoms in total. The summed E-state index contributed by atoms with van der Waals surface area (Å²) in [7, 11) is 0. The van der Waals surface area contributed by atoms with Crippen molar-refractivity contribution in [2.45, 2.75) is 46.8 Å². The molecule has 0 rings (SSSR count). The SMILES string of the molecule is C=C(C)C(CC(OCC)OCC)C(CC=O)C(=O)OCC. The molecule has 0 aromatic rings. The fourth-order valence-corrected chi connectivity index (χ4v) is 2.25. The van der Waals surface area contributed by atoms with Crippen LogP contribution in [0.1, 0.15) is 40.5 Å². The molecule has 0 saturated carbocycles. The minimum atomic E-state index is -0.539. The maximum atomic E-state index is 12.1. The van der Waals surface area contributed by atoms with Gasteiger partial charge in [-0.15, -0.1) is 0 Å². The van der Waals surface area contributed by atoms with E-state index in [9.17, 15) is 9.59 Å². The van der Waals surface area contributed by atoms with Gasteiger partial charge in [0.1, 0.15) is 6.29 Å². The highest BCUT2D eigenvalue weighted by Crippen LogP contribution is 2.29. The van der Waals surface area contributed by atoms with Gasteiger partial charge in [-0.2, -0.15) is 0 Å². The zero-order chi connectivity index (χ0) is 16.3. The van der Waals surface area contributed by atoms with Gasteiger partial charge in [-0.05, 0) is 33.6 Å². The summed E-state index contributed by atoms with van der Waals surface area (Å²) >= 11 is 0. The van der Waals surface area contributed by atoms with E-state index < -0.39 is 12.2 Å². The number of carbonyl (C=O) groups excluding carboxylic acids is 2. The standard InChI is InChI=1S/C16H28O5/c1-6-19-15(20-7-2)11-14(12(4)5)13(9-10-17)16(18)21-8-3/h10,13-15H,4,6-9,11H2,1-3,5H3. The van der Waals surface area contributed by atoms with E-state index in [1.54, 1.807) is 6.92 Å². The molecule has 0 aliphatic rings. The van der Waals surface area contributed by atoms with Crippen molar-refractivity contribution < 1.29 is 23.8 Å². The van der Waals surface area contributed by atoms with Crippen molar-refractivity contribution in [2.24, 2.45) is 11.8 Å². The van der Waals surface area contributed by atoms with Crippen LogP contribution in [0, 0.1) is 11.8 Å². The highest BCUT2D eigenvalue weighted by atomic mass is 16.7. The molecule has 0 aromatic heterocycles. The molecule has 2 atom stereocenters. The average molecular weight is 300 g/mol. The molecule has 0 radical (unpaired) electrons. The third kappa shape index (κ3) is 7.39. The highest BCUT2D eigenvalue weighted by molar-refractivity contribution is 5.76. The molecule has 0 saturated heterocycles. The van der Waals surface area contributed by atoms with E-state index in [1.165, 1.54) is 0 Å². The van der Waals surface area contributed by atoms with Crippen molar-refractivity contribution in [1.29, 1.82) is 0 Å². The van der Waals surface area contributed by atoms with Crippen molar-refractivity contribution in [2.75, 3.05) is 19.8 Å². The molecule has 0 heterocycles. The summed E-state index contributed by atoms with van der Waals surface area (Å²) < 4.78 is 16.1. The lowest BCUT2D eigenvalue weighted by Gasteiger charge is -2.28. The van der Waals surface area contributed by atoms with Crippen LogP contribution in [0.5, 0.6) is 0 Å². The predicted octanol–water partition coefficient (Wildman–Crippen LogP) is 2.74. The Bertz CT molecular complexity index is 321. The first-order valence-corrected chi connectivity index (χ1v) is 7.50. The van der Waals surface area contributed by atoms with Crippen molar-refractivity contribution in [3.05, 3.63) is 12.2 Å². The number of hydrogen-bond donors (Lipinski definition) is 0. The van der Waals surface area contributed by atoms with E-state index in [4.69, 9.17) is 14.2 Å². The van der Waals surface area contributed by atoms with Gasteiger partial charge in [0, 0.05) is 26.1 Å². The monoisotopic (exact) mass is 300 g/mol. The van der Waals surface area contributed by atoms with E-state index in [0.29, 0.717) is 19.6 Å². The number of ether oxygens (including phenoxy) is 3. The Morgan fingerprint density at radius 2 is 1.67 bits per heavy atom. The minimum Gasteiger partial charge on any atom is -0.466 e. The lowest BCUT2D eigenvalue weighted by atomic mass is 9.82. The van der Waals surface area contributed by atoms with Crippen LogP contribution < -0.4 is 0 Å². The molecule has 0 N–H and O–H groups in total. The largest absolute Gasteiger partial charge is 0.466 e. The van der Waals surface area contributed by atoms with Crippen LogP contribution in [0.25, 0.3) is 0 Å². The lowest BCUT2D eigenvalue weighted by molar-refractivity contribution is -0.159. The molecule has 0 fully saturated rings. The molecular weight excluding hydrogens is 272 g/mol. The minimum absolute atomic E-state index is 0.112. The summed E-state index contributed by atoms with van der Waals surface area (Å²) in [5.74, 6) is -1.12. The Balaban J connectivity index is 5.06. The first kappa shape index (κ1) is 19.8. The first-order valence-electron chi connectivity index (χ1n) is 7.50. The van der Waals surface area contributed by atoms with Crippen LogP contribution in [-0.2, 0) is 23.8 Å². The van der Waals surface area contributed by atoms with Crippen LogP contribution >= 0.6 is 0 Å². The summed E-state index contributed by atoms with van der Waals surface area (Å²) in [5, 5.41) is 0. The molecule has 0 aliphatic heterocycles. The van der Waals surface area contributed by atoms with Gasteiger partial charge < -0.3 is 19.0 Å². The molecule has 5 heteroatoms. The molecule has 0 amide bonds. The van der Waals surface area contributed by atoms with E-state index in [0.717, 1.165) is 11.9 Å². The highest BCUT2D eigenvalue weighted by Gasteiger charge is 2.32. The number of carbonyl (C=O) groups is 2. The number of aldehydes is 1. The zero-order valence-electron chi connectivity index (χ0n) is 13.6. The molecule has 0 bridgehead atoms. The summed E-state index contributed by atoms with van der Waals surface area (Å²) in [5.41, 5.74) is 0.819. The van der Waals surface area contributed by atoms with Crippen LogP contribution in [0.4, 0.5) is 0 Å². The Labute approximate surface area is 127 Å². The van der Waals surface area contributed by atoms with Gasteiger partial charge in [0.05, 0.1) is 12.5 Å². The smallest absolute Gasteiger partial charge is 0.309 e. The van der Waals surface area contributed by atoms with Crippen LogP contribution in [-0.4, -0.2) is 38.4 Å². The van der Waals surface area contributed by atoms with Crippen LogP contribution in [0.2, 0.25) is 0 Å². The Hall–Kier alpha value is -1.20. The number of rotatable bonds is 12. The van der Waals surface area contributed by atoms with Crippen molar-refractivity contribution in [3.8, 4) is 0 Å². The second-order valence-corrected chi connectivity index (χ2v) is 4.79. The average Bonchev–Trinajstić information content (AvgIpc) is 2.43. The third-order valence-electron chi connectivity index (χ3n) is 3.21. The molecule has 0 spiro atoms. The van der Waals surface area contributed by atoms with E-state index in [1.807, 2.05) is 20.8 Å². The quantitative estimate of drug-likeness (QED) is 0.240. The van der Waals surface area contributed by atoms with Gasteiger partial charge in [-0.3, -0.25) is 4.79 Å². The molecule has 0 aliphatic carbocycles. The third-order valence-corrected chi connectivity index (χ3v) is 3.21. The van der Waals surface area contributed by atoms with Gasteiger partial charge in [0.25, 0.3) is 0 Å². The summed E-state index contributed by atoms with van der Waals surface area (Å²) in [6.07, 6.45) is 0.925. The van der Waals surface area contributed by atoms with Gasteiger partial charge in [-0.25, -0.2) is 0 Å². The predicted molar refractivity (Wildman–Crippen MR) is 80.8 cm³/mol. The maximum Gasteiger partial charge on any atom is 0.309 e. The van der Waals surface area contributed by atoms with Crippen LogP contribution in [0.3, 0.4) is 0 Å². The fourth-order valence-electron chi connectivity index (χ4n) is 2.25. The topological polar surface area (TPSA) is 61.8 Å². The molecular formula is C16H28O5. The van der Waals surface area contributed by atoms with E-state index >= 15 is 0 Å². The van der Waals surface area contributed by atoms with Crippen molar-refractivity contribution >= 4 is 12.3 Å². The van der Waals surface area contributed by atoms with E-state index in [2.05, 4.69) is 6.58 Å². The Morgan fingerprint density at radius 3 is 2.05 bits per heavy atom. The number of hydrogen-bond acceptors (Lipinski definition) is 5. The van der Waals surface area contributed by atoms with Gasteiger partial charge >= 0.3 is 5.97 Å². The number of esters is 1. The lowest BCUT2D eigenvalue weighted by Crippen LogP contribution is -2.31. The second-order valence-electron chi connectivity index (χ2n) is 4.79. The Morgan fingerprint density at radius 1 is 1.10 bits per heavy atom. The van der Waals surface area contributed by atoms with Crippen LogP contribution in [0.15, 0.2) is 12.2 Å². The molecule has 0 aromatic carbocycles. The number of allylic oxidation sites excluding steroid dienone is 1. The van der Waals surface area contributed by atoms with E-state index in [-0.39, 0.29) is 24.9 Å². The first-order chi connectivity index (χ1) is 10.0. The van der Waals surface area contributed by atoms with Gasteiger partial charge in [0.2, 0.25) is 0 Å². The Kier molecular flexibility index (Phi) is 10.8. The zero-order valence-corrected chi connectivity index (χ0v) is 13.6. The summed E-state index contributed by atoms with van der Waals surface area (Å²) in [6.45, 7) is 12.6. The summed E-state index contributed by atoms with van der Waals surface area (Å²) in [4.78, 5) is 23.0. The maximum absolute atomic E-state index is 12.1. The van der Waals surface area contributed by atoms with Gasteiger partial charge in [-0.1, -0.05) is 12.2 Å². The fraction of sp³-hybridized carbons (Fsp3) is 0.750. The molecule has 122 valence electrons. The molecule has 2 unspecified atom stereocenters.